The molecule has 1 aromatic heterocycles. The van der Waals surface area contributed by atoms with E-state index in [1.807, 2.05) is 0 Å². The van der Waals surface area contributed by atoms with Crippen molar-refractivity contribution in [2.75, 3.05) is 38.5 Å². The summed E-state index contributed by atoms with van der Waals surface area (Å²) >= 11 is 0. The fourth-order valence-corrected chi connectivity index (χ4v) is 1.95. The molecule has 1 heterocycles. The van der Waals surface area contributed by atoms with Crippen molar-refractivity contribution in [3.8, 4) is 0 Å². The van der Waals surface area contributed by atoms with Crippen LogP contribution in [0, 0.1) is 0 Å². The van der Waals surface area contributed by atoms with Crippen LogP contribution in [-0.4, -0.2) is 49.0 Å². The summed E-state index contributed by atoms with van der Waals surface area (Å²) in [4.78, 5) is 18.5. The predicted octanol–water partition coefficient (Wildman–Crippen LogP) is 1.58. The van der Waals surface area contributed by atoms with Gasteiger partial charge in [-0.05, 0) is 31.6 Å². The molecule has 0 unspecified atom stereocenters. The molecule has 0 aromatic carbocycles. The molecule has 2 N–H and O–H groups in total. The highest BCUT2D eigenvalue weighted by Gasteiger charge is 2.10. The van der Waals surface area contributed by atoms with Gasteiger partial charge in [-0.2, -0.15) is 0 Å². The number of carbonyl (C=O) groups excluding carboxylic acids is 1. The summed E-state index contributed by atoms with van der Waals surface area (Å²) < 4.78 is 0. The molecule has 106 valence electrons. The average Bonchev–Trinajstić information content (AvgIpc) is 2.46. The number of carbonyl (C=O) groups is 1. The molecule has 1 rings (SSSR count). The molecule has 1 amide bonds. The number of nitrogens with zero attached hydrogens (tertiary/aromatic N) is 2. The third kappa shape index (κ3) is 4.87. The van der Waals surface area contributed by atoms with Crippen LogP contribution in [0.25, 0.3) is 0 Å². The lowest BCUT2D eigenvalue weighted by atomic mass is 10.2. The van der Waals surface area contributed by atoms with Crippen LogP contribution >= 0.6 is 0 Å². The molecule has 0 aliphatic carbocycles. The number of pyridine rings is 1. The molecule has 0 bridgehead atoms. The number of anilines is 1. The zero-order valence-electron chi connectivity index (χ0n) is 12.1. The second-order valence-corrected chi connectivity index (χ2v) is 4.34. The van der Waals surface area contributed by atoms with Gasteiger partial charge in [0.25, 0.3) is 5.91 Å². The van der Waals surface area contributed by atoms with Crippen LogP contribution in [-0.2, 0) is 0 Å². The number of likely N-dealkylation sites (N-methyl/N-ethyl adjacent to an activating group) is 1. The Morgan fingerprint density at radius 3 is 2.79 bits per heavy atom. The maximum atomic E-state index is 12.0. The maximum Gasteiger partial charge on any atom is 0.255 e. The number of rotatable bonds is 8. The number of hydrogen-bond acceptors (Lipinski definition) is 4. The quantitative estimate of drug-likeness (QED) is 0.748. The molecule has 0 saturated heterocycles. The fraction of sp³-hybridized carbons (Fsp3) is 0.571. The van der Waals surface area contributed by atoms with E-state index in [1.54, 1.807) is 25.4 Å². The van der Waals surface area contributed by atoms with Gasteiger partial charge in [0, 0.05) is 26.3 Å². The third-order valence-corrected chi connectivity index (χ3v) is 2.99. The molecule has 5 heteroatoms. The van der Waals surface area contributed by atoms with Gasteiger partial charge in [0.05, 0.1) is 5.56 Å². The first-order chi connectivity index (χ1) is 9.22. The van der Waals surface area contributed by atoms with Crippen molar-refractivity contribution in [2.24, 2.45) is 0 Å². The van der Waals surface area contributed by atoms with E-state index in [-0.39, 0.29) is 5.91 Å². The molecule has 0 fully saturated rings. The van der Waals surface area contributed by atoms with E-state index in [4.69, 9.17) is 0 Å². The molecule has 0 saturated carbocycles. The van der Waals surface area contributed by atoms with Crippen LogP contribution in [0.4, 0.5) is 5.82 Å². The first-order valence-corrected chi connectivity index (χ1v) is 6.86. The lowest BCUT2D eigenvalue weighted by Crippen LogP contribution is -2.35. The van der Waals surface area contributed by atoms with E-state index in [9.17, 15) is 4.79 Å². The minimum absolute atomic E-state index is 0.0787. The molecule has 0 radical (unpaired) electrons. The summed E-state index contributed by atoms with van der Waals surface area (Å²) in [6.07, 6.45) is 2.80. The molecule has 0 aliphatic rings. The van der Waals surface area contributed by atoms with E-state index in [0.29, 0.717) is 17.9 Å². The summed E-state index contributed by atoms with van der Waals surface area (Å²) in [5, 5.41) is 5.86. The van der Waals surface area contributed by atoms with Gasteiger partial charge in [0.15, 0.2) is 0 Å². The lowest BCUT2D eigenvalue weighted by molar-refractivity contribution is 0.0949. The molecule has 19 heavy (non-hydrogen) atoms. The molecule has 5 nitrogen and oxygen atoms in total. The average molecular weight is 264 g/mol. The van der Waals surface area contributed by atoms with Crippen LogP contribution in [0.1, 0.15) is 30.6 Å². The van der Waals surface area contributed by atoms with Gasteiger partial charge in [-0.15, -0.1) is 0 Å². The standard InChI is InChI=1S/C14H24N4O/c1-4-10-18(5-2)11-9-17-14(19)12-7-6-8-16-13(12)15-3/h6-8H,4-5,9-11H2,1-3H3,(H,15,16)(H,17,19). The summed E-state index contributed by atoms with van der Waals surface area (Å²) in [6, 6.07) is 3.54. The van der Waals surface area contributed by atoms with Crippen LogP contribution in [0.2, 0.25) is 0 Å². The predicted molar refractivity (Wildman–Crippen MR) is 78.5 cm³/mol. The van der Waals surface area contributed by atoms with Crippen LogP contribution in [0.15, 0.2) is 18.3 Å². The molecule has 1 aromatic rings. The zero-order valence-corrected chi connectivity index (χ0v) is 12.1. The summed E-state index contributed by atoms with van der Waals surface area (Å²) in [7, 11) is 1.76. The minimum Gasteiger partial charge on any atom is -0.372 e. The van der Waals surface area contributed by atoms with Gasteiger partial charge in [-0.1, -0.05) is 13.8 Å². The van der Waals surface area contributed by atoms with Crippen molar-refractivity contribution in [1.82, 2.24) is 15.2 Å². The Bertz CT molecular complexity index is 395. The highest BCUT2D eigenvalue weighted by molar-refractivity contribution is 5.98. The smallest absolute Gasteiger partial charge is 0.255 e. The molecule has 0 spiro atoms. The van der Waals surface area contributed by atoms with Crippen LogP contribution in [0.5, 0.6) is 0 Å². The molecular weight excluding hydrogens is 240 g/mol. The van der Waals surface area contributed by atoms with Gasteiger partial charge >= 0.3 is 0 Å². The van der Waals surface area contributed by atoms with Gasteiger partial charge in [0.2, 0.25) is 0 Å². The van der Waals surface area contributed by atoms with Crippen molar-refractivity contribution in [1.29, 1.82) is 0 Å². The normalized spacial score (nSPS) is 10.5. The Kier molecular flexibility index (Phi) is 6.89. The van der Waals surface area contributed by atoms with Gasteiger partial charge in [-0.3, -0.25) is 4.79 Å². The second kappa shape index (κ2) is 8.48. The van der Waals surface area contributed by atoms with Crippen molar-refractivity contribution >= 4 is 11.7 Å². The fourth-order valence-electron chi connectivity index (χ4n) is 1.95. The molecular formula is C14H24N4O. The number of aromatic nitrogens is 1. The van der Waals surface area contributed by atoms with Gasteiger partial charge in [0.1, 0.15) is 5.82 Å². The Hall–Kier alpha value is -1.62. The Morgan fingerprint density at radius 1 is 1.37 bits per heavy atom. The van der Waals surface area contributed by atoms with Crippen molar-refractivity contribution in [2.45, 2.75) is 20.3 Å². The van der Waals surface area contributed by atoms with Crippen LogP contribution in [0.3, 0.4) is 0 Å². The monoisotopic (exact) mass is 264 g/mol. The Labute approximate surface area is 115 Å². The zero-order chi connectivity index (χ0) is 14.1. The summed E-state index contributed by atoms with van der Waals surface area (Å²) in [6.45, 7) is 7.92. The van der Waals surface area contributed by atoms with Gasteiger partial charge < -0.3 is 15.5 Å². The number of nitrogens with one attached hydrogen (secondary N) is 2. The first kappa shape index (κ1) is 15.4. The summed E-state index contributed by atoms with van der Waals surface area (Å²) in [5.41, 5.74) is 0.587. The van der Waals surface area contributed by atoms with Crippen LogP contribution < -0.4 is 10.6 Å². The molecule has 0 atom stereocenters. The second-order valence-electron chi connectivity index (χ2n) is 4.34. The Balaban J connectivity index is 2.47. The largest absolute Gasteiger partial charge is 0.372 e. The van der Waals surface area contributed by atoms with E-state index >= 15 is 0 Å². The van der Waals surface area contributed by atoms with E-state index < -0.39 is 0 Å². The molecule has 0 aliphatic heterocycles. The minimum atomic E-state index is -0.0787. The third-order valence-electron chi connectivity index (χ3n) is 2.99. The summed E-state index contributed by atoms with van der Waals surface area (Å²) in [5.74, 6) is 0.533. The number of hydrogen-bond donors (Lipinski definition) is 2. The lowest BCUT2D eigenvalue weighted by Gasteiger charge is -2.19. The van der Waals surface area contributed by atoms with E-state index in [1.165, 1.54) is 0 Å². The van der Waals surface area contributed by atoms with Crippen molar-refractivity contribution in [3.05, 3.63) is 23.9 Å². The maximum absolute atomic E-state index is 12.0. The Morgan fingerprint density at radius 2 is 2.16 bits per heavy atom. The van der Waals surface area contributed by atoms with Crippen molar-refractivity contribution < 1.29 is 4.79 Å². The van der Waals surface area contributed by atoms with E-state index in [0.717, 1.165) is 26.1 Å². The SMILES string of the molecule is CCCN(CC)CCNC(=O)c1cccnc1NC. The van der Waals surface area contributed by atoms with E-state index in [2.05, 4.69) is 34.4 Å². The number of amides is 1. The highest BCUT2D eigenvalue weighted by Crippen LogP contribution is 2.09. The first-order valence-electron chi connectivity index (χ1n) is 6.86. The highest BCUT2D eigenvalue weighted by atomic mass is 16.1. The topological polar surface area (TPSA) is 57.3 Å². The van der Waals surface area contributed by atoms with Crippen molar-refractivity contribution in [3.63, 3.8) is 0 Å². The van der Waals surface area contributed by atoms with Gasteiger partial charge in [-0.25, -0.2) is 4.98 Å².